The number of benzene rings is 3. The molecule has 31 heavy (non-hydrogen) atoms. The van der Waals surface area contributed by atoms with Gasteiger partial charge in [-0.25, -0.2) is 9.78 Å². The number of fused-ring (bicyclic) bond motifs is 1. The van der Waals surface area contributed by atoms with Gasteiger partial charge in [0.1, 0.15) is 5.82 Å². The normalized spacial score (nSPS) is 10.7. The standard InChI is InChI=1S/C26H23N3O2/c1-3-24-28-23-12-8-11-22(26(30)31-4-2)25(23)29(24)17-18-13-14-21(20(15-18)16-27)19-9-6-5-7-10-19/h5-15H,3-4,17H2,1-2H3. The van der Waals surface area contributed by atoms with Gasteiger partial charge < -0.3 is 9.30 Å². The summed E-state index contributed by atoms with van der Waals surface area (Å²) < 4.78 is 7.32. The Hall–Kier alpha value is -3.91. The summed E-state index contributed by atoms with van der Waals surface area (Å²) in [6.45, 7) is 4.67. The smallest absolute Gasteiger partial charge is 0.340 e. The van der Waals surface area contributed by atoms with Crippen LogP contribution in [0, 0.1) is 11.3 Å². The summed E-state index contributed by atoms with van der Waals surface area (Å²) in [5.74, 6) is 0.534. The zero-order valence-corrected chi connectivity index (χ0v) is 17.6. The second kappa shape index (κ2) is 8.85. The van der Waals surface area contributed by atoms with Crippen molar-refractivity contribution in [2.24, 2.45) is 0 Å². The maximum atomic E-state index is 12.6. The van der Waals surface area contributed by atoms with E-state index in [1.54, 1.807) is 13.0 Å². The molecule has 5 nitrogen and oxygen atoms in total. The number of hydrogen-bond donors (Lipinski definition) is 0. The number of carbonyl (C=O) groups is 1. The van der Waals surface area contributed by atoms with E-state index in [-0.39, 0.29) is 5.97 Å². The summed E-state index contributed by atoms with van der Waals surface area (Å²) in [7, 11) is 0. The Labute approximate surface area is 181 Å². The molecule has 4 rings (SSSR count). The van der Waals surface area contributed by atoms with Crippen molar-refractivity contribution in [3.63, 3.8) is 0 Å². The van der Waals surface area contributed by atoms with E-state index >= 15 is 0 Å². The number of nitriles is 1. The minimum absolute atomic E-state index is 0.316. The molecule has 5 heteroatoms. The van der Waals surface area contributed by atoms with Gasteiger partial charge >= 0.3 is 5.97 Å². The van der Waals surface area contributed by atoms with Gasteiger partial charge in [-0.05, 0) is 41.8 Å². The van der Waals surface area contributed by atoms with Crippen molar-refractivity contribution >= 4 is 17.0 Å². The van der Waals surface area contributed by atoms with Gasteiger partial charge in [-0.1, -0.05) is 55.5 Å². The van der Waals surface area contributed by atoms with E-state index in [0.717, 1.165) is 40.0 Å². The van der Waals surface area contributed by atoms with Gasteiger partial charge in [0.05, 0.1) is 34.8 Å². The topological polar surface area (TPSA) is 67.9 Å². The largest absolute Gasteiger partial charge is 0.462 e. The SMILES string of the molecule is CCOC(=O)c1cccc2nc(CC)n(Cc3ccc(-c4ccccc4)c(C#N)c3)c12. The van der Waals surface area contributed by atoms with E-state index in [9.17, 15) is 10.1 Å². The van der Waals surface area contributed by atoms with Crippen molar-refractivity contribution in [2.45, 2.75) is 26.8 Å². The molecule has 1 aromatic heterocycles. The third-order valence-electron chi connectivity index (χ3n) is 5.29. The van der Waals surface area contributed by atoms with Crippen LogP contribution >= 0.6 is 0 Å². The molecule has 0 fully saturated rings. The molecular weight excluding hydrogens is 386 g/mol. The van der Waals surface area contributed by atoms with Crippen LogP contribution in [0.3, 0.4) is 0 Å². The molecule has 0 N–H and O–H groups in total. The van der Waals surface area contributed by atoms with Gasteiger partial charge in [0.2, 0.25) is 0 Å². The van der Waals surface area contributed by atoms with Crippen molar-refractivity contribution < 1.29 is 9.53 Å². The molecule has 0 saturated carbocycles. The first-order valence-electron chi connectivity index (χ1n) is 10.4. The van der Waals surface area contributed by atoms with Crippen LogP contribution in [0.15, 0.2) is 66.7 Å². The molecule has 0 unspecified atom stereocenters. The number of aromatic nitrogens is 2. The maximum Gasteiger partial charge on any atom is 0.340 e. The predicted octanol–water partition coefficient (Wildman–Crippen LogP) is 5.36. The molecule has 0 aliphatic carbocycles. The van der Waals surface area contributed by atoms with Crippen LogP contribution in [-0.4, -0.2) is 22.1 Å². The van der Waals surface area contributed by atoms with E-state index in [0.29, 0.717) is 24.3 Å². The fraction of sp³-hybridized carbons (Fsp3) is 0.192. The lowest BCUT2D eigenvalue weighted by atomic mass is 9.98. The second-order valence-corrected chi connectivity index (χ2v) is 7.22. The van der Waals surface area contributed by atoms with E-state index < -0.39 is 0 Å². The van der Waals surface area contributed by atoms with Gasteiger partial charge in [0.25, 0.3) is 0 Å². The lowest BCUT2D eigenvalue weighted by Crippen LogP contribution is -2.10. The molecular formula is C26H23N3O2. The third kappa shape index (κ3) is 3.93. The molecule has 154 valence electrons. The summed E-state index contributed by atoms with van der Waals surface area (Å²) in [5.41, 5.74) is 5.56. The summed E-state index contributed by atoms with van der Waals surface area (Å²) >= 11 is 0. The predicted molar refractivity (Wildman–Crippen MR) is 121 cm³/mol. The molecule has 0 atom stereocenters. The molecule has 0 aliphatic rings. The fourth-order valence-corrected chi connectivity index (χ4v) is 3.88. The minimum atomic E-state index is -0.353. The Morgan fingerprint density at radius 2 is 1.87 bits per heavy atom. The van der Waals surface area contributed by atoms with E-state index in [1.807, 2.05) is 67.6 Å². The van der Waals surface area contributed by atoms with Gasteiger partial charge in [0, 0.05) is 13.0 Å². The first-order chi connectivity index (χ1) is 15.2. The minimum Gasteiger partial charge on any atom is -0.462 e. The maximum absolute atomic E-state index is 12.6. The highest BCUT2D eigenvalue weighted by molar-refractivity contribution is 6.02. The monoisotopic (exact) mass is 409 g/mol. The van der Waals surface area contributed by atoms with E-state index in [4.69, 9.17) is 9.72 Å². The highest BCUT2D eigenvalue weighted by atomic mass is 16.5. The van der Waals surface area contributed by atoms with E-state index in [2.05, 4.69) is 10.6 Å². The van der Waals surface area contributed by atoms with Gasteiger partial charge in [0.15, 0.2) is 0 Å². The van der Waals surface area contributed by atoms with Crippen molar-refractivity contribution in [2.75, 3.05) is 6.61 Å². The zero-order chi connectivity index (χ0) is 21.8. The van der Waals surface area contributed by atoms with Crippen LogP contribution in [0.5, 0.6) is 0 Å². The number of esters is 1. The van der Waals surface area contributed by atoms with Crippen molar-refractivity contribution in [1.29, 1.82) is 5.26 Å². The number of para-hydroxylation sites is 1. The number of rotatable bonds is 6. The Morgan fingerprint density at radius 1 is 1.06 bits per heavy atom. The molecule has 1 heterocycles. The zero-order valence-electron chi connectivity index (χ0n) is 17.6. The van der Waals surface area contributed by atoms with Crippen molar-refractivity contribution in [3.8, 4) is 17.2 Å². The van der Waals surface area contributed by atoms with Crippen LogP contribution in [-0.2, 0) is 17.7 Å². The first kappa shape index (κ1) is 20.4. The molecule has 0 aliphatic heterocycles. The van der Waals surface area contributed by atoms with Crippen LogP contribution in [0.4, 0.5) is 0 Å². The van der Waals surface area contributed by atoms with Crippen LogP contribution in [0.2, 0.25) is 0 Å². The molecule has 0 amide bonds. The summed E-state index contributed by atoms with van der Waals surface area (Å²) in [4.78, 5) is 17.3. The van der Waals surface area contributed by atoms with E-state index in [1.165, 1.54) is 0 Å². The Bertz CT molecular complexity index is 1280. The number of hydrogen-bond acceptors (Lipinski definition) is 4. The van der Waals surface area contributed by atoms with Crippen LogP contribution in [0.25, 0.3) is 22.2 Å². The lowest BCUT2D eigenvalue weighted by molar-refractivity contribution is 0.0528. The van der Waals surface area contributed by atoms with Gasteiger partial charge in [-0.15, -0.1) is 0 Å². The molecule has 3 aromatic carbocycles. The van der Waals surface area contributed by atoms with Crippen molar-refractivity contribution in [3.05, 3.63) is 89.2 Å². The second-order valence-electron chi connectivity index (χ2n) is 7.22. The summed E-state index contributed by atoms with van der Waals surface area (Å²) in [6.07, 6.45) is 0.726. The number of ether oxygens (including phenoxy) is 1. The fourth-order valence-electron chi connectivity index (χ4n) is 3.88. The quantitative estimate of drug-likeness (QED) is 0.402. The molecule has 0 radical (unpaired) electrons. The van der Waals surface area contributed by atoms with Crippen LogP contribution < -0.4 is 0 Å². The third-order valence-corrected chi connectivity index (χ3v) is 5.29. The lowest BCUT2D eigenvalue weighted by Gasteiger charge is -2.13. The number of carbonyl (C=O) groups excluding carboxylic acids is 1. The van der Waals surface area contributed by atoms with Gasteiger partial charge in [-0.3, -0.25) is 0 Å². The number of imidazole rings is 1. The number of nitrogens with zero attached hydrogens (tertiary/aromatic N) is 3. The Morgan fingerprint density at radius 3 is 2.58 bits per heavy atom. The highest BCUT2D eigenvalue weighted by Gasteiger charge is 2.19. The Balaban J connectivity index is 1.80. The highest BCUT2D eigenvalue weighted by Crippen LogP contribution is 2.27. The average molecular weight is 409 g/mol. The molecule has 4 aromatic rings. The first-order valence-corrected chi connectivity index (χ1v) is 10.4. The summed E-state index contributed by atoms with van der Waals surface area (Å²) in [5, 5.41) is 9.75. The molecule has 0 saturated heterocycles. The molecule has 0 spiro atoms. The van der Waals surface area contributed by atoms with Crippen LogP contribution in [0.1, 0.15) is 41.2 Å². The molecule has 0 bridgehead atoms. The Kier molecular flexibility index (Phi) is 5.81. The summed E-state index contributed by atoms with van der Waals surface area (Å²) in [6, 6.07) is 23.7. The van der Waals surface area contributed by atoms with Crippen molar-refractivity contribution in [1.82, 2.24) is 9.55 Å². The van der Waals surface area contributed by atoms with Gasteiger partial charge in [-0.2, -0.15) is 5.26 Å². The number of aryl methyl sites for hydroxylation is 1. The average Bonchev–Trinajstić information content (AvgIpc) is 3.17.